The van der Waals surface area contributed by atoms with E-state index in [0.29, 0.717) is 42.7 Å². The predicted molar refractivity (Wildman–Crippen MR) is 100 cm³/mol. The summed E-state index contributed by atoms with van der Waals surface area (Å²) in [7, 11) is -3.38. The molecule has 0 spiro atoms. The number of alkyl halides is 3. The molecular weight excluding hydrogens is 397 g/mol. The molecule has 0 aromatic carbocycles. The number of rotatable bonds is 7. The molecule has 1 aliphatic heterocycles. The second kappa shape index (κ2) is 9.59. The Kier molecular flexibility index (Phi) is 7.70. The van der Waals surface area contributed by atoms with E-state index in [-0.39, 0.29) is 19.0 Å². The molecule has 0 unspecified atom stereocenters. The third kappa shape index (κ3) is 6.09. The minimum Gasteiger partial charge on any atom is -0.357 e. The molecule has 0 bridgehead atoms. The number of hydrogen-bond donors (Lipinski definition) is 2. The highest BCUT2D eigenvalue weighted by molar-refractivity contribution is 7.90. The van der Waals surface area contributed by atoms with Gasteiger partial charge in [0, 0.05) is 46.0 Å². The number of nitrogens with zero attached hydrogens (tertiary/aromatic N) is 4. The minimum atomic E-state index is -5.24. The summed E-state index contributed by atoms with van der Waals surface area (Å²) in [5.41, 5.74) is -4.14. The summed E-state index contributed by atoms with van der Waals surface area (Å²) >= 11 is 0. The van der Waals surface area contributed by atoms with Crippen molar-refractivity contribution < 1.29 is 21.6 Å². The van der Waals surface area contributed by atoms with Gasteiger partial charge in [0.15, 0.2) is 5.96 Å². The maximum atomic E-state index is 12.6. The summed E-state index contributed by atoms with van der Waals surface area (Å²) in [6.45, 7) is 3.46. The molecule has 1 fully saturated rings. The number of halogens is 3. The van der Waals surface area contributed by atoms with Crippen LogP contribution in [0.25, 0.3) is 0 Å². The maximum absolute atomic E-state index is 12.6. The van der Waals surface area contributed by atoms with E-state index in [4.69, 9.17) is 0 Å². The number of hydrogen-bond acceptors (Lipinski definition) is 4. The molecule has 0 aliphatic carbocycles. The highest BCUT2D eigenvalue weighted by atomic mass is 32.2. The van der Waals surface area contributed by atoms with Crippen LogP contribution in [0.1, 0.15) is 25.3 Å². The van der Waals surface area contributed by atoms with Gasteiger partial charge < -0.3 is 10.6 Å². The van der Waals surface area contributed by atoms with Crippen LogP contribution in [0.3, 0.4) is 0 Å². The van der Waals surface area contributed by atoms with Crippen LogP contribution in [0.4, 0.5) is 13.2 Å². The molecule has 8 nitrogen and oxygen atoms in total. The molecule has 0 amide bonds. The van der Waals surface area contributed by atoms with E-state index in [1.807, 2.05) is 20.2 Å². The fourth-order valence-corrected chi connectivity index (χ4v) is 3.95. The van der Waals surface area contributed by atoms with E-state index in [9.17, 15) is 21.6 Å². The Hall–Kier alpha value is -1.82. The van der Waals surface area contributed by atoms with Crippen molar-refractivity contribution in [3.63, 3.8) is 0 Å². The normalized spacial score (nSPS) is 17.7. The standard InChI is InChI=1S/C16H27F3N6O2S/c1-3-20-15(21-7-4-14-11-23-24(2)12-14)22-10-13-5-8-25(9-6-13)28(26,27)16(17,18)19/h11-13H,3-10H2,1-2H3,(H2,20,21,22). The lowest BCUT2D eigenvalue weighted by molar-refractivity contribution is -0.0496. The topological polar surface area (TPSA) is 91.6 Å². The monoisotopic (exact) mass is 424 g/mol. The molecule has 1 aromatic rings. The summed E-state index contributed by atoms with van der Waals surface area (Å²) < 4.78 is 63.0. The molecular formula is C16H27F3N6O2S. The van der Waals surface area contributed by atoms with Crippen LogP contribution in [-0.2, 0) is 23.5 Å². The zero-order chi connectivity index (χ0) is 20.8. The Morgan fingerprint density at radius 2 is 2.00 bits per heavy atom. The molecule has 1 saturated heterocycles. The van der Waals surface area contributed by atoms with Gasteiger partial charge in [0.2, 0.25) is 0 Å². The number of nitrogens with one attached hydrogen (secondary N) is 2. The largest absolute Gasteiger partial charge is 0.511 e. The summed E-state index contributed by atoms with van der Waals surface area (Å²) in [4.78, 5) is 4.49. The number of piperidine rings is 1. The van der Waals surface area contributed by atoms with Crippen molar-refractivity contribution in [2.75, 3.05) is 32.7 Å². The molecule has 1 aliphatic rings. The Labute approximate surface area is 163 Å². The lowest BCUT2D eigenvalue weighted by Gasteiger charge is -2.30. The lowest BCUT2D eigenvalue weighted by Crippen LogP contribution is -2.45. The van der Waals surface area contributed by atoms with Crippen molar-refractivity contribution in [3.8, 4) is 0 Å². The quantitative estimate of drug-likeness (QED) is 0.505. The number of aryl methyl sites for hydroxylation is 1. The Balaban J connectivity index is 1.81. The number of guanidine groups is 1. The molecule has 12 heteroatoms. The van der Waals surface area contributed by atoms with Crippen LogP contribution >= 0.6 is 0 Å². The smallest absolute Gasteiger partial charge is 0.357 e. The molecule has 28 heavy (non-hydrogen) atoms. The summed E-state index contributed by atoms with van der Waals surface area (Å²) in [6, 6.07) is 0. The van der Waals surface area contributed by atoms with Crippen LogP contribution in [0.2, 0.25) is 0 Å². The van der Waals surface area contributed by atoms with Gasteiger partial charge in [0.1, 0.15) is 0 Å². The van der Waals surface area contributed by atoms with Gasteiger partial charge in [0.05, 0.1) is 6.20 Å². The average molecular weight is 424 g/mol. The van der Waals surface area contributed by atoms with E-state index in [0.717, 1.165) is 12.0 Å². The van der Waals surface area contributed by atoms with Gasteiger partial charge in [-0.25, -0.2) is 8.42 Å². The van der Waals surface area contributed by atoms with Crippen molar-refractivity contribution >= 4 is 16.0 Å². The number of sulfonamides is 1. The number of aliphatic imine (C=N–C) groups is 1. The first kappa shape index (κ1) is 22.5. The Bertz CT molecular complexity index is 755. The van der Waals surface area contributed by atoms with Gasteiger partial charge in [0.25, 0.3) is 0 Å². The van der Waals surface area contributed by atoms with E-state index < -0.39 is 15.5 Å². The van der Waals surface area contributed by atoms with E-state index >= 15 is 0 Å². The maximum Gasteiger partial charge on any atom is 0.511 e. The van der Waals surface area contributed by atoms with Crippen molar-refractivity contribution in [1.29, 1.82) is 0 Å². The lowest BCUT2D eigenvalue weighted by atomic mass is 9.98. The summed E-state index contributed by atoms with van der Waals surface area (Å²) in [5, 5.41) is 10.5. The van der Waals surface area contributed by atoms with Crippen LogP contribution in [0.15, 0.2) is 17.4 Å². The third-order valence-corrected chi connectivity index (χ3v) is 6.15. The summed E-state index contributed by atoms with van der Waals surface area (Å²) in [6.07, 6.45) is 5.23. The highest BCUT2D eigenvalue weighted by Gasteiger charge is 2.50. The number of aromatic nitrogens is 2. The predicted octanol–water partition coefficient (Wildman–Crippen LogP) is 1.08. The fraction of sp³-hybridized carbons (Fsp3) is 0.750. The van der Waals surface area contributed by atoms with Crippen molar-refractivity contribution in [3.05, 3.63) is 18.0 Å². The van der Waals surface area contributed by atoms with Crippen LogP contribution < -0.4 is 10.6 Å². The second-order valence-corrected chi connectivity index (χ2v) is 8.64. The molecule has 2 heterocycles. The SMILES string of the molecule is CCNC(=NCC1CCN(S(=O)(=O)C(F)(F)F)CC1)NCCc1cnn(C)c1. The molecule has 1 aromatic heterocycles. The van der Waals surface area contributed by atoms with Crippen molar-refractivity contribution in [2.24, 2.45) is 18.0 Å². The molecule has 0 saturated carbocycles. The van der Waals surface area contributed by atoms with Crippen molar-refractivity contribution in [1.82, 2.24) is 24.7 Å². The molecule has 2 rings (SSSR count). The van der Waals surface area contributed by atoms with E-state index in [1.165, 1.54) is 0 Å². The Morgan fingerprint density at radius 1 is 1.32 bits per heavy atom. The van der Waals surface area contributed by atoms with Gasteiger partial charge in [-0.15, -0.1) is 0 Å². The zero-order valence-electron chi connectivity index (χ0n) is 16.0. The van der Waals surface area contributed by atoms with E-state index in [1.54, 1.807) is 10.9 Å². The first-order valence-electron chi connectivity index (χ1n) is 9.19. The highest BCUT2D eigenvalue weighted by Crippen LogP contribution is 2.30. The minimum absolute atomic E-state index is 0.0495. The molecule has 0 radical (unpaired) electrons. The summed E-state index contributed by atoms with van der Waals surface area (Å²) in [5.74, 6) is 0.685. The molecule has 160 valence electrons. The van der Waals surface area contributed by atoms with Crippen LogP contribution in [-0.4, -0.2) is 66.7 Å². The van der Waals surface area contributed by atoms with Gasteiger partial charge in [-0.3, -0.25) is 9.67 Å². The Morgan fingerprint density at radius 3 is 2.54 bits per heavy atom. The van der Waals surface area contributed by atoms with Gasteiger partial charge in [-0.1, -0.05) is 0 Å². The first-order valence-corrected chi connectivity index (χ1v) is 10.6. The molecule has 2 N–H and O–H groups in total. The second-order valence-electron chi connectivity index (χ2n) is 6.71. The fourth-order valence-electron chi connectivity index (χ4n) is 2.97. The average Bonchev–Trinajstić information content (AvgIpc) is 3.04. The van der Waals surface area contributed by atoms with Gasteiger partial charge in [-0.05, 0) is 37.7 Å². The van der Waals surface area contributed by atoms with Crippen LogP contribution in [0, 0.1) is 5.92 Å². The van der Waals surface area contributed by atoms with E-state index in [2.05, 4.69) is 20.7 Å². The molecule has 0 atom stereocenters. The van der Waals surface area contributed by atoms with Gasteiger partial charge in [-0.2, -0.15) is 22.6 Å². The first-order chi connectivity index (χ1) is 13.1. The third-order valence-electron chi connectivity index (χ3n) is 4.52. The van der Waals surface area contributed by atoms with Crippen LogP contribution in [0.5, 0.6) is 0 Å². The van der Waals surface area contributed by atoms with Gasteiger partial charge >= 0.3 is 15.5 Å². The zero-order valence-corrected chi connectivity index (χ0v) is 16.9. The van der Waals surface area contributed by atoms with Crippen molar-refractivity contribution in [2.45, 2.75) is 31.7 Å².